The minimum atomic E-state index is -1.08. The van der Waals surface area contributed by atoms with E-state index in [0.717, 1.165) is 27.3 Å². The van der Waals surface area contributed by atoms with Gasteiger partial charge in [-0.25, -0.2) is 9.78 Å². The van der Waals surface area contributed by atoms with Crippen molar-refractivity contribution in [1.82, 2.24) is 4.98 Å². The normalized spacial score (nSPS) is 11.2. The lowest BCUT2D eigenvalue weighted by molar-refractivity contribution is 0.0665. The number of carboxylic acid groups (broad SMARTS) is 1. The second-order valence-corrected chi connectivity index (χ2v) is 5.56. The summed E-state index contributed by atoms with van der Waals surface area (Å²) >= 11 is 6.00. The van der Waals surface area contributed by atoms with Crippen LogP contribution < -0.4 is 0 Å². The number of hydrogen-bond donors (Lipinski definition) is 1. The van der Waals surface area contributed by atoms with Crippen LogP contribution in [0, 0.1) is 0 Å². The highest BCUT2D eigenvalue weighted by Crippen LogP contribution is 2.36. The van der Waals surface area contributed by atoms with Gasteiger partial charge in [-0.15, -0.1) is 0 Å². The van der Waals surface area contributed by atoms with Gasteiger partial charge in [0.15, 0.2) is 0 Å². The van der Waals surface area contributed by atoms with Crippen LogP contribution in [0.15, 0.2) is 59.1 Å². The minimum absolute atomic E-state index is 0.0740. The fraction of sp³-hybridized carbons (Fsp3) is 0. The van der Waals surface area contributed by atoms with Gasteiger partial charge in [-0.1, -0.05) is 35.9 Å². The molecule has 5 heteroatoms. The molecule has 0 aliphatic heterocycles. The molecule has 0 spiro atoms. The molecule has 0 unspecified atom stereocenters. The van der Waals surface area contributed by atoms with Crippen molar-refractivity contribution in [1.29, 1.82) is 0 Å². The summed E-state index contributed by atoms with van der Waals surface area (Å²) in [5.41, 5.74) is 2.44. The molecular weight excluding hydrogens is 314 g/mol. The molecule has 4 rings (SSSR count). The maximum Gasteiger partial charge on any atom is 0.371 e. The van der Waals surface area contributed by atoms with E-state index in [1.165, 1.54) is 6.07 Å². The number of halogens is 1. The first-order valence-electron chi connectivity index (χ1n) is 6.94. The zero-order valence-corrected chi connectivity index (χ0v) is 12.5. The number of aromatic nitrogens is 1. The minimum Gasteiger partial charge on any atom is -0.475 e. The highest BCUT2D eigenvalue weighted by molar-refractivity contribution is 6.29. The van der Waals surface area contributed by atoms with Crippen LogP contribution in [0.5, 0.6) is 0 Å². The van der Waals surface area contributed by atoms with Crippen molar-refractivity contribution in [3.05, 3.63) is 65.6 Å². The van der Waals surface area contributed by atoms with Crippen LogP contribution in [-0.2, 0) is 0 Å². The van der Waals surface area contributed by atoms with E-state index >= 15 is 0 Å². The quantitative estimate of drug-likeness (QED) is 0.527. The lowest BCUT2D eigenvalue weighted by atomic mass is 9.97. The first kappa shape index (κ1) is 13.8. The molecule has 0 radical (unpaired) electrons. The standard InChI is InChI=1S/C18H10ClNO3/c19-16-9-10(5-6-20-16)14-7-11-8-15(18(21)22)23-17(11)13-4-2-1-3-12(13)14/h1-9H,(H,21,22). The van der Waals surface area contributed by atoms with Crippen LogP contribution >= 0.6 is 11.6 Å². The second-order valence-electron chi connectivity index (χ2n) is 5.17. The average Bonchev–Trinajstić information content (AvgIpc) is 2.99. The van der Waals surface area contributed by atoms with Crippen molar-refractivity contribution in [2.75, 3.05) is 0 Å². The van der Waals surface area contributed by atoms with Crippen LogP contribution in [0.25, 0.3) is 32.9 Å². The Morgan fingerprint density at radius 3 is 2.61 bits per heavy atom. The largest absolute Gasteiger partial charge is 0.475 e. The van der Waals surface area contributed by atoms with E-state index in [1.807, 2.05) is 36.4 Å². The zero-order valence-electron chi connectivity index (χ0n) is 11.8. The van der Waals surface area contributed by atoms with Crippen molar-refractivity contribution in [2.24, 2.45) is 0 Å². The third-order valence-corrected chi connectivity index (χ3v) is 3.98. The lowest BCUT2D eigenvalue weighted by Gasteiger charge is -2.08. The summed E-state index contributed by atoms with van der Waals surface area (Å²) in [5, 5.41) is 12.1. The summed E-state index contributed by atoms with van der Waals surface area (Å²) in [4.78, 5) is 15.2. The van der Waals surface area contributed by atoms with Crippen molar-refractivity contribution < 1.29 is 14.3 Å². The van der Waals surface area contributed by atoms with Gasteiger partial charge in [-0.2, -0.15) is 0 Å². The van der Waals surface area contributed by atoms with E-state index in [4.69, 9.17) is 21.1 Å². The van der Waals surface area contributed by atoms with E-state index in [-0.39, 0.29) is 5.76 Å². The number of rotatable bonds is 2. The van der Waals surface area contributed by atoms with Crippen molar-refractivity contribution in [2.45, 2.75) is 0 Å². The van der Waals surface area contributed by atoms with E-state index in [9.17, 15) is 4.79 Å². The molecule has 2 heterocycles. The van der Waals surface area contributed by atoms with Gasteiger partial charge in [0.05, 0.1) is 0 Å². The molecule has 0 aliphatic rings. The summed E-state index contributed by atoms with van der Waals surface area (Å²) < 4.78 is 5.52. The van der Waals surface area contributed by atoms with Gasteiger partial charge in [0.2, 0.25) is 5.76 Å². The summed E-state index contributed by atoms with van der Waals surface area (Å²) in [5.74, 6) is -1.16. The van der Waals surface area contributed by atoms with Gasteiger partial charge in [0.25, 0.3) is 0 Å². The summed E-state index contributed by atoms with van der Waals surface area (Å²) in [6.45, 7) is 0. The number of fused-ring (bicyclic) bond motifs is 3. The molecule has 2 aromatic heterocycles. The van der Waals surface area contributed by atoms with E-state index < -0.39 is 5.97 Å². The Labute approximate surface area is 135 Å². The SMILES string of the molecule is O=C(O)c1cc2cc(-c3ccnc(Cl)c3)c3ccccc3c2o1. The Bertz CT molecular complexity index is 1070. The maximum atomic E-state index is 11.2. The number of carbonyl (C=O) groups is 1. The first-order chi connectivity index (χ1) is 11.1. The van der Waals surface area contributed by atoms with Crippen LogP contribution in [0.4, 0.5) is 0 Å². The molecule has 112 valence electrons. The van der Waals surface area contributed by atoms with Crippen molar-refractivity contribution in [3.8, 4) is 11.1 Å². The van der Waals surface area contributed by atoms with E-state index in [2.05, 4.69) is 4.98 Å². The predicted octanol–water partition coefficient (Wildman–Crippen LogP) is 5.00. The smallest absolute Gasteiger partial charge is 0.371 e. The van der Waals surface area contributed by atoms with E-state index in [0.29, 0.717) is 10.7 Å². The number of carboxylic acids is 1. The van der Waals surface area contributed by atoms with Crippen LogP contribution in [0.1, 0.15) is 10.6 Å². The number of hydrogen-bond acceptors (Lipinski definition) is 3. The van der Waals surface area contributed by atoms with Crippen molar-refractivity contribution in [3.63, 3.8) is 0 Å². The van der Waals surface area contributed by atoms with Gasteiger partial charge in [0.1, 0.15) is 10.7 Å². The zero-order chi connectivity index (χ0) is 16.0. The monoisotopic (exact) mass is 323 g/mol. The van der Waals surface area contributed by atoms with Gasteiger partial charge < -0.3 is 9.52 Å². The Hall–Kier alpha value is -2.85. The number of aromatic carboxylic acids is 1. The van der Waals surface area contributed by atoms with Crippen LogP contribution in [0.2, 0.25) is 5.15 Å². The highest BCUT2D eigenvalue weighted by Gasteiger charge is 2.15. The maximum absolute atomic E-state index is 11.2. The molecule has 0 fully saturated rings. The molecule has 0 bridgehead atoms. The first-order valence-corrected chi connectivity index (χ1v) is 7.32. The molecule has 23 heavy (non-hydrogen) atoms. The molecule has 4 nitrogen and oxygen atoms in total. The number of nitrogens with zero attached hydrogens (tertiary/aromatic N) is 1. The molecule has 0 amide bonds. The Kier molecular flexibility index (Phi) is 3.06. The molecule has 2 aromatic carbocycles. The number of pyridine rings is 1. The predicted molar refractivity (Wildman–Crippen MR) is 88.9 cm³/mol. The third-order valence-electron chi connectivity index (χ3n) is 3.77. The molecule has 4 aromatic rings. The van der Waals surface area contributed by atoms with E-state index in [1.54, 1.807) is 12.3 Å². The van der Waals surface area contributed by atoms with Crippen LogP contribution in [-0.4, -0.2) is 16.1 Å². The van der Waals surface area contributed by atoms with Crippen LogP contribution in [0.3, 0.4) is 0 Å². The molecule has 0 saturated heterocycles. The molecule has 0 aliphatic carbocycles. The Balaban J connectivity index is 2.12. The van der Waals surface area contributed by atoms with Gasteiger partial charge in [-0.05, 0) is 40.8 Å². The molecular formula is C18H10ClNO3. The Morgan fingerprint density at radius 2 is 1.87 bits per heavy atom. The van der Waals surface area contributed by atoms with Crippen molar-refractivity contribution >= 4 is 39.3 Å². The van der Waals surface area contributed by atoms with Gasteiger partial charge in [-0.3, -0.25) is 0 Å². The summed E-state index contributed by atoms with van der Waals surface area (Å²) in [6, 6.07) is 14.8. The summed E-state index contributed by atoms with van der Waals surface area (Å²) in [7, 11) is 0. The molecule has 1 N–H and O–H groups in total. The fourth-order valence-corrected chi connectivity index (χ4v) is 2.96. The Morgan fingerprint density at radius 1 is 1.09 bits per heavy atom. The molecule has 0 saturated carbocycles. The third kappa shape index (κ3) is 2.24. The van der Waals surface area contributed by atoms with Gasteiger partial charge in [0, 0.05) is 17.0 Å². The van der Waals surface area contributed by atoms with Gasteiger partial charge >= 0.3 is 5.97 Å². The highest BCUT2D eigenvalue weighted by atomic mass is 35.5. The second kappa shape index (κ2) is 5.11. The summed E-state index contributed by atoms with van der Waals surface area (Å²) in [6.07, 6.45) is 1.65. The number of benzene rings is 2. The fourth-order valence-electron chi connectivity index (χ4n) is 2.79. The topological polar surface area (TPSA) is 63.3 Å². The lowest BCUT2D eigenvalue weighted by Crippen LogP contribution is -1.91. The molecule has 0 atom stereocenters. The number of furan rings is 1. The average molecular weight is 324 g/mol.